The summed E-state index contributed by atoms with van der Waals surface area (Å²) in [5.41, 5.74) is 1.20. The fourth-order valence-corrected chi connectivity index (χ4v) is 2.07. The van der Waals surface area contributed by atoms with Crippen LogP contribution >= 0.6 is 11.6 Å². The summed E-state index contributed by atoms with van der Waals surface area (Å²) < 4.78 is 5.34. The molecule has 2 aromatic carbocycles. The van der Waals surface area contributed by atoms with E-state index in [9.17, 15) is 15.3 Å². The molecule has 21 heavy (non-hydrogen) atoms. The summed E-state index contributed by atoms with van der Waals surface area (Å²) in [6.07, 6.45) is 0. The minimum absolute atomic E-state index is 0.268. The van der Waals surface area contributed by atoms with E-state index in [0.29, 0.717) is 22.9 Å². The van der Waals surface area contributed by atoms with E-state index in [-0.39, 0.29) is 18.0 Å². The third kappa shape index (κ3) is 3.44. The van der Waals surface area contributed by atoms with E-state index in [4.69, 9.17) is 16.3 Å². The monoisotopic (exact) mass is 309 g/mol. The van der Waals surface area contributed by atoms with Crippen LogP contribution in [0.4, 0.5) is 5.69 Å². The molecule has 0 bridgehead atoms. The fourth-order valence-electron chi connectivity index (χ4n) is 1.83. The number of ether oxygens (including phenoxy) is 1. The normalized spacial score (nSPS) is 10.4. The second-order valence-corrected chi connectivity index (χ2v) is 4.78. The summed E-state index contributed by atoms with van der Waals surface area (Å²) in [6.45, 7) is 2.68. The number of halogens is 1. The van der Waals surface area contributed by atoms with Gasteiger partial charge in [0, 0.05) is 17.8 Å². The van der Waals surface area contributed by atoms with Crippen molar-refractivity contribution < 1.29 is 20.1 Å². The molecule has 0 amide bonds. The lowest BCUT2D eigenvalue weighted by atomic mass is 10.1. The van der Waals surface area contributed by atoms with Crippen LogP contribution in [-0.4, -0.2) is 21.9 Å². The van der Waals surface area contributed by atoms with Gasteiger partial charge in [0.2, 0.25) is 5.75 Å². The number of hydrogen-bond acceptors (Lipinski definition) is 5. The van der Waals surface area contributed by atoms with Gasteiger partial charge in [0.05, 0.1) is 11.6 Å². The van der Waals surface area contributed by atoms with Gasteiger partial charge in [-0.15, -0.1) is 0 Å². The SMILES string of the molecule is CCOc1ccc(NCc2ccc(O)c(O)c2O)cc1Cl. The van der Waals surface area contributed by atoms with Crippen LogP contribution in [0.2, 0.25) is 5.02 Å². The van der Waals surface area contributed by atoms with Crippen molar-refractivity contribution >= 4 is 17.3 Å². The summed E-state index contributed by atoms with van der Waals surface area (Å²) in [5.74, 6) is -0.631. The number of rotatable bonds is 5. The lowest BCUT2D eigenvalue weighted by Crippen LogP contribution is -2.00. The van der Waals surface area contributed by atoms with Gasteiger partial charge in [-0.3, -0.25) is 0 Å². The maximum absolute atomic E-state index is 9.73. The van der Waals surface area contributed by atoms with Crippen LogP contribution in [0, 0.1) is 0 Å². The smallest absolute Gasteiger partial charge is 0.200 e. The average molecular weight is 310 g/mol. The summed E-state index contributed by atoms with van der Waals surface area (Å²) in [7, 11) is 0. The Morgan fingerprint density at radius 3 is 2.52 bits per heavy atom. The van der Waals surface area contributed by atoms with E-state index >= 15 is 0 Å². The van der Waals surface area contributed by atoms with E-state index < -0.39 is 5.75 Å². The van der Waals surface area contributed by atoms with Gasteiger partial charge in [-0.05, 0) is 37.3 Å². The van der Waals surface area contributed by atoms with Crippen LogP contribution in [0.15, 0.2) is 30.3 Å². The molecule has 0 aromatic heterocycles. The van der Waals surface area contributed by atoms with Crippen LogP contribution in [0.25, 0.3) is 0 Å². The predicted octanol–water partition coefficient (Wildman–Crippen LogP) is 3.47. The number of phenolic OH excluding ortho intramolecular Hbond substituents is 3. The molecule has 2 rings (SSSR count). The molecule has 0 aliphatic rings. The number of benzene rings is 2. The Hall–Kier alpha value is -2.27. The highest BCUT2D eigenvalue weighted by Crippen LogP contribution is 2.37. The second-order valence-electron chi connectivity index (χ2n) is 4.37. The number of phenols is 3. The van der Waals surface area contributed by atoms with E-state index in [2.05, 4.69) is 5.32 Å². The number of hydrogen-bond donors (Lipinski definition) is 4. The zero-order valence-electron chi connectivity index (χ0n) is 11.4. The Balaban J connectivity index is 2.10. The van der Waals surface area contributed by atoms with Crippen molar-refractivity contribution in [2.75, 3.05) is 11.9 Å². The number of aromatic hydroxyl groups is 3. The molecular weight excluding hydrogens is 294 g/mol. The molecule has 0 saturated heterocycles. The first-order valence-corrected chi connectivity index (χ1v) is 6.79. The van der Waals surface area contributed by atoms with Crippen LogP contribution in [0.5, 0.6) is 23.0 Å². The molecule has 0 aliphatic heterocycles. The molecule has 0 aliphatic carbocycles. The topological polar surface area (TPSA) is 82.0 Å². The van der Waals surface area contributed by atoms with Crippen molar-refractivity contribution in [2.45, 2.75) is 13.5 Å². The molecule has 2 aromatic rings. The third-order valence-electron chi connectivity index (χ3n) is 2.93. The van der Waals surface area contributed by atoms with Crippen molar-refractivity contribution in [3.63, 3.8) is 0 Å². The Bertz CT molecular complexity index is 646. The minimum Gasteiger partial charge on any atom is -0.504 e. The van der Waals surface area contributed by atoms with Gasteiger partial charge in [0.15, 0.2) is 11.5 Å². The Labute approximate surface area is 127 Å². The molecule has 112 valence electrons. The average Bonchev–Trinajstić information content (AvgIpc) is 2.47. The third-order valence-corrected chi connectivity index (χ3v) is 3.22. The fraction of sp³-hybridized carbons (Fsp3) is 0.200. The first-order valence-electron chi connectivity index (χ1n) is 6.42. The highest BCUT2D eigenvalue weighted by molar-refractivity contribution is 6.32. The van der Waals surface area contributed by atoms with Gasteiger partial charge >= 0.3 is 0 Å². The van der Waals surface area contributed by atoms with Gasteiger partial charge in [-0.25, -0.2) is 0 Å². The lowest BCUT2D eigenvalue weighted by Gasteiger charge is -2.11. The Morgan fingerprint density at radius 1 is 1.10 bits per heavy atom. The minimum atomic E-state index is -0.529. The zero-order chi connectivity index (χ0) is 15.4. The van der Waals surface area contributed by atoms with E-state index in [0.717, 1.165) is 5.69 Å². The van der Waals surface area contributed by atoms with Crippen LogP contribution in [-0.2, 0) is 6.54 Å². The standard InChI is InChI=1S/C15H16ClNO4/c1-2-21-13-6-4-10(7-11(13)16)17-8-9-3-5-12(18)15(20)14(9)19/h3-7,17-20H,2,8H2,1H3. The van der Waals surface area contributed by atoms with Gasteiger partial charge < -0.3 is 25.4 Å². The van der Waals surface area contributed by atoms with Crippen LogP contribution in [0.3, 0.4) is 0 Å². The first kappa shape index (κ1) is 15.1. The predicted molar refractivity (Wildman–Crippen MR) is 81.4 cm³/mol. The molecule has 0 unspecified atom stereocenters. The molecule has 0 spiro atoms. The van der Waals surface area contributed by atoms with Gasteiger partial charge in [0.1, 0.15) is 5.75 Å². The molecule has 0 radical (unpaired) electrons. The molecular formula is C15H16ClNO4. The number of nitrogens with one attached hydrogen (secondary N) is 1. The second kappa shape index (κ2) is 6.45. The number of anilines is 1. The zero-order valence-corrected chi connectivity index (χ0v) is 12.2. The van der Waals surface area contributed by atoms with E-state index in [1.807, 2.05) is 6.92 Å². The van der Waals surface area contributed by atoms with Crippen molar-refractivity contribution in [3.8, 4) is 23.0 Å². The molecule has 4 N–H and O–H groups in total. The maximum Gasteiger partial charge on any atom is 0.200 e. The summed E-state index contributed by atoms with van der Waals surface area (Å²) in [5, 5.41) is 32.0. The molecule has 0 heterocycles. The molecule has 6 heteroatoms. The van der Waals surface area contributed by atoms with Crippen molar-refractivity contribution in [1.29, 1.82) is 0 Å². The van der Waals surface area contributed by atoms with Crippen LogP contribution in [0.1, 0.15) is 12.5 Å². The van der Waals surface area contributed by atoms with Crippen molar-refractivity contribution in [1.82, 2.24) is 0 Å². The van der Waals surface area contributed by atoms with Crippen LogP contribution < -0.4 is 10.1 Å². The molecule has 0 fully saturated rings. The Kier molecular flexibility index (Phi) is 4.65. The highest BCUT2D eigenvalue weighted by atomic mass is 35.5. The summed E-state index contributed by atoms with van der Waals surface area (Å²) in [6, 6.07) is 8.10. The van der Waals surface area contributed by atoms with Crippen molar-refractivity contribution in [2.24, 2.45) is 0 Å². The summed E-state index contributed by atoms with van der Waals surface area (Å²) >= 11 is 6.08. The van der Waals surface area contributed by atoms with Gasteiger partial charge in [-0.1, -0.05) is 11.6 Å². The summed E-state index contributed by atoms with van der Waals surface area (Å²) in [4.78, 5) is 0. The first-order chi connectivity index (χ1) is 10.0. The lowest BCUT2D eigenvalue weighted by molar-refractivity contribution is 0.340. The van der Waals surface area contributed by atoms with Gasteiger partial charge in [-0.2, -0.15) is 0 Å². The Morgan fingerprint density at radius 2 is 1.86 bits per heavy atom. The van der Waals surface area contributed by atoms with Gasteiger partial charge in [0.25, 0.3) is 0 Å². The quantitative estimate of drug-likeness (QED) is 0.636. The molecule has 0 atom stereocenters. The highest BCUT2D eigenvalue weighted by Gasteiger charge is 2.11. The maximum atomic E-state index is 9.73. The van der Waals surface area contributed by atoms with E-state index in [1.54, 1.807) is 18.2 Å². The van der Waals surface area contributed by atoms with E-state index in [1.165, 1.54) is 12.1 Å². The molecule has 5 nitrogen and oxygen atoms in total. The largest absolute Gasteiger partial charge is 0.504 e. The van der Waals surface area contributed by atoms with Crippen molar-refractivity contribution in [3.05, 3.63) is 40.9 Å². The molecule has 0 saturated carbocycles.